The minimum absolute atomic E-state index is 0.114. The molecule has 2 aliphatic rings. The molecule has 30 heavy (non-hydrogen) atoms. The Bertz CT molecular complexity index is 939. The van der Waals surface area contributed by atoms with Gasteiger partial charge in [0.25, 0.3) is 11.8 Å². The quantitative estimate of drug-likeness (QED) is 0.774. The van der Waals surface area contributed by atoms with Crippen LogP contribution in [0.25, 0.3) is 0 Å². The number of aryl methyl sites for hydroxylation is 2. The molecule has 2 aromatic rings. The van der Waals surface area contributed by atoms with Gasteiger partial charge in [-0.1, -0.05) is 24.3 Å². The smallest absolute Gasteiger partial charge is 0.265 e. The van der Waals surface area contributed by atoms with Crippen LogP contribution in [-0.2, 0) is 14.3 Å². The van der Waals surface area contributed by atoms with E-state index in [1.165, 1.54) is 0 Å². The summed E-state index contributed by atoms with van der Waals surface area (Å²) in [4.78, 5) is 29.4. The third-order valence-corrected chi connectivity index (χ3v) is 5.37. The van der Waals surface area contributed by atoms with Gasteiger partial charge in [0.15, 0.2) is 12.7 Å². The van der Waals surface area contributed by atoms with Crippen molar-refractivity contribution < 1.29 is 23.8 Å². The number of hydrogen-bond acceptors (Lipinski definition) is 5. The molecule has 0 unspecified atom stereocenters. The zero-order valence-corrected chi connectivity index (χ0v) is 17.3. The molecular weight excluding hydrogens is 384 g/mol. The van der Waals surface area contributed by atoms with Gasteiger partial charge in [0, 0.05) is 13.1 Å². The third kappa shape index (κ3) is 4.26. The average molecular weight is 410 g/mol. The summed E-state index contributed by atoms with van der Waals surface area (Å²) in [5, 5.41) is 0. The van der Waals surface area contributed by atoms with E-state index in [2.05, 4.69) is 0 Å². The van der Waals surface area contributed by atoms with Crippen molar-refractivity contribution in [2.45, 2.75) is 20.0 Å². The summed E-state index contributed by atoms with van der Waals surface area (Å²) in [7, 11) is 0. The molecule has 0 radical (unpaired) electrons. The zero-order chi connectivity index (χ0) is 21.1. The first-order chi connectivity index (χ1) is 14.5. The number of hydrogen-bond donors (Lipinski definition) is 0. The molecule has 0 saturated carbocycles. The number of benzene rings is 2. The first kappa shape index (κ1) is 20.2. The lowest BCUT2D eigenvalue weighted by molar-refractivity contribution is -0.142. The average Bonchev–Trinajstić information content (AvgIpc) is 2.78. The Balaban J connectivity index is 1.51. The minimum Gasteiger partial charge on any atom is -0.483 e. The second kappa shape index (κ2) is 8.75. The maximum absolute atomic E-state index is 13.1. The number of amides is 2. The van der Waals surface area contributed by atoms with Crippen molar-refractivity contribution in [2.75, 3.05) is 44.4 Å². The third-order valence-electron chi connectivity index (χ3n) is 5.37. The number of morpholine rings is 1. The number of nitrogens with zero attached hydrogens (tertiary/aromatic N) is 2. The lowest BCUT2D eigenvalue weighted by Crippen LogP contribution is -2.54. The van der Waals surface area contributed by atoms with Crippen LogP contribution in [0.1, 0.15) is 11.1 Å². The van der Waals surface area contributed by atoms with Gasteiger partial charge in [0.05, 0.1) is 25.4 Å². The largest absolute Gasteiger partial charge is 0.483 e. The molecule has 2 amide bonds. The van der Waals surface area contributed by atoms with Gasteiger partial charge in [0.2, 0.25) is 0 Å². The van der Waals surface area contributed by atoms with Gasteiger partial charge in [-0.05, 0) is 43.2 Å². The molecule has 2 heterocycles. The van der Waals surface area contributed by atoms with Crippen molar-refractivity contribution in [3.8, 4) is 11.5 Å². The minimum atomic E-state index is -0.748. The summed E-state index contributed by atoms with van der Waals surface area (Å²) < 4.78 is 17.1. The van der Waals surface area contributed by atoms with Crippen molar-refractivity contribution in [3.63, 3.8) is 0 Å². The molecule has 0 aromatic heterocycles. The molecule has 4 rings (SSSR count). The number of fused-ring (bicyclic) bond motifs is 1. The topological polar surface area (TPSA) is 68.3 Å². The van der Waals surface area contributed by atoms with Gasteiger partial charge in [0.1, 0.15) is 11.5 Å². The molecule has 2 aliphatic heterocycles. The molecular formula is C23H26N2O5. The molecule has 1 atom stereocenters. The fourth-order valence-corrected chi connectivity index (χ4v) is 3.67. The monoisotopic (exact) mass is 410 g/mol. The van der Waals surface area contributed by atoms with Crippen LogP contribution in [-0.4, -0.2) is 62.3 Å². The van der Waals surface area contributed by atoms with E-state index >= 15 is 0 Å². The maximum Gasteiger partial charge on any atom is 0.265 e. The number of para-hydroxylation sites is 2. The molecule has 0 bridgehead atoms. The van der Waals surface area contributed by atoms with Crippen molar-refractivity contribution in [1.29, 1.82) is 0 Å². The van der Waals surface area contributed by atoms with Crippen LogP contribution >= 0.6 is 0 Å². The van der Waals surface area contributed by atoms with Gasteiger partial charge in [-0.15, -0.1) is 0 Å². The maximum atomic E-state index is 13.1. The molecule has 7 heteroatoms. The van der Waals surface area contributed by atoms with E-state index in [0.717, 1.165) is 11.1 Å². The van der Waals surface area contributed by atoms with Gasteiger partial charge in [-0.2, -0.15) is 0 Å². The molecule has 1 saturated heterocycles. The molecule has 1 fully saturated rings. The number of carbonyl (C=O) groups excluding carboxylic acids is 2. The zero-order valence-electron chi connectivity index (χ0n) is 17.3. The standard InChI is InChI=1S/C23H26N2O5/c1-16-7-8-17(2)20(13-16)29-15-22(26)25-14-21(23(27)24-9-11-28-12-10-24)30-19-6-4-3-5-18(19)25/h3-8,13,21H,9-12,14-15H2,1-2H3/t21-/m1/s1. The number of rotatable bonds is 4. The molecule has 0 aliphatic carbocycles. The van der Waals surface area contributed by atoms with E-state index in [9.17, 15) is 9.59 Å². The molecule has 0 N–H and O–H groups in total. The van der Waals surface area contributed by atoms with E-state index in [0.29, 0.717) is 43.5 Å². The predicted octanol–water partition coefficient (Wildman–Crippen LogP) is 2.34. The normalized spacial score (nSPS) is 18.4. The first-order valence-corrected chi connectivity index (χ1v) is 10.2. The summed E-state index contributed by atoms with van der Waals surface area (Å²) in [6.45, 7) is 6.06. The highest BCUT2D eigenvalue weighted by molar-refractivity contribution is 5.98. The van der Waals surface area contributed by atoms with Crippen LogP contribution in [0.5, 0.6) is 11.5 Å². The van der Waals surface area contributed by atoms with Gasteiger partial charge < -0.3 is 24.0 Å². The Morgan fingerprint density at radius 2 is 1.87 bits per heavy atom. The van der Waals surface area contributed by atoms with E-state index in [1.54, 1.807) is 15.9 Å². The molecule has 7 nitrogen and oxygen atoms in total. The van der Waals surface area contributed by atoms with Gasteiger partial charge in [-0.3, -0.25) is 9.59 Å². The van der Waals surface area contributed by atoms with Crippen LogP contribution < -0.4 is 14.4 Å². The highest BCUT2D eigenvalue weighted by Gasteiger charge is 2.36. The fourth-order valence-electron chi connectivity index (χ4n) is 3.67. The Hall–Kier alpha value is -3.06. The highest BCUT2D eigenvalue weighted by Crippen LogP contribution is 2.34. The number of ether oxygens (including phenoxy) is 3. The van der Waals surface area contributed by atoms with Crippen LogP contribution in [0.3, 0.4) is 0 Å². The lowest BCUT2D eigenvalue weighted by Gasteiger charge is -2.37. The van der Waals surface area contributed by atoms with E-state index in [1.807, 2.05) is 50.2 Å². The van der Waals surface area contributed by atoms with E-state index < -0.39 is 6.10 Å². The first-order valence-electron chi connectivity index (χ1n) is 10.2. The van der Waals surface area contributed by atoms with Gasteiger partial charge >= 0.3 is 0 Å². The van der Waals surface area contributed by atoms with Crippen molar-refractivity contribution in [3.05, 3.63) is 53.6 Å². The summed E-state index contributed by atoms with van der Waals surface area (Å²) >= 11 is 0. The summed E-state index contributed by atoms with van der Waals surface area (Å²) in [5.41, 5.74) is 2.69. The predicted molar refractivity (Wildman–Crippen MR) is 112 cm³/mol. The summed E-state index contributed by atoms with van der Waals surface area (Å²) in [6.07, 6.45) is -0.748. The van der Waals surface area contributed by atoms with Crippen molar-refractivity contribution in [2.24, 2.45) is 0 Å². The Morgan fingerprint density at radius 3 is 2.67 bits per heavy atom. The Labute approximate surface area is 176 Å². The van der Waals surface area contributed by atoms with Crippen molar-refractivity contribution >= 4 is 17.5 Å². The second-order valence-electron chi connectivity index (χ2n) is 7.57. The van der Waals surface area contributed by atoms with Crippen LogP contribution in [0.15, 0.2) is 42.5 Å². The van der Waals surface area contributed by atoms with Crippen LogP contribution in [0, 0.1) is 13.8 Å². The Morgan fingerprint density at radius 1 is 1.10 bits per heavy atom. The van der Waals surface area contributed by atoms with Crippen molar-refractivity contribution in [1.82, 2.24) is 4.90 Å². The Kier molecular flexibility index (Phi) is 5.90. The highest BCUT2D eigenvalue weighted by atomic mass is 16.5. The molecule has 158 valence electrons. The van der Waals surface area contributed by atoms with Crippen LogP contribution in [0.2, 0.25) is 0 Å². The van der Waals surface area contributed by atoms with E-state index in [-0.39, 0.29) is 25.0 Å². The van der Waals surface area contributed by atoms with Crippen LogP contribution in [0.4, 0.5) is 5.69 Å². The fraction of sp³-hybridized carbons (Fsp3) is 0.391. The SMILES string of the molecule is Cc1ccc(C)c(OCC(=O)N2C[C@H](C(=O)N3CCOCC3)Oc3ccccc32)c1. The molecule has 2 aromatic carbocycles. The van der Waals surface area contributed by atoms with E-state index in [4.69, 9.17) is 14.2 Å². The summed E-state index contributed by atoms with van der Waals surface area (Å²) in [5.74, 6) is 0.869. The second-order valence-corrected chi connectivity index (χ2v) is 7.57. The van der Waals surface area contributed by atoms with Gasteiger partial charge in [-0.25, -0.2) is 0 Å². The number of carbonyl (C=O) groups is 2. The lowest BCUT2D eigenvalue weighted by atomic mass is 10.1. The molecule has 0 spiro atoms. The number of anilines is 1. The summed E-state index contributed by atoms with van der Waals surface area (Å²) in [6, 6.07) is 13.2.